The van der Waals surface area contributed by atoms with Gasteiger partial charge in [0.15, 0.2) is 5.03 Å². The van der Waals surface area contributed by atoms with Gasteiger partial charge in [-0.05, 0) is 22.0 Å². The first-order valence-electron chi connectivity index (χ1n) is 6.29. The molecule has 2 aromatic rings. The SMILES string of the molecule is O=S(=O)(c1ccn[nH]1)N1CCN(c2ncc(Br)cn2)CC1. The van der Waals surface area contributed by atoms with Crippen molar-refractivity contribution in [2.75, 3.05) is 31.1 Å². The maximum atomic E-state index is 12.3. The summed E-state index contributed by atoms with van der Waals surface area (Å²) in [6.45, 7) is 1.88. The largest absolute Gasteiger partial charge is 0.338 e. The number of nitrogens with zero attached hydrogens (tertiary/aromatic N) is 5. The van der Waals surface area contributed by atoms with Gasteiger partial charge < -0.3 is 4.90 Å². The van der Waals surface area contributed by atoms with Gasteiger partial charge in [-0.1, -0.05) is 0 Å². The standard InChI is InChI=1S/C11H13BrN6O2S/c12-9-7-13-11(14-8-9)17-3-5-18(6-4-17)21(19,20)10-1-2-15-16-10/h1-2,7-8H,3-6H2,(H,15,16). The third-order valence-corrected chi connectivity index (χ3v) is 5.46. The molecular weight excluding hydrogens is 360 g/mol. The highest BCUT2D eigenvalue weighted by atomic mass is 79.9. The van der Waals surface area contributed by atoms with Crippen molar-refractivity contribution < 1.29 is 8.42 Å². The van der Waals surface area contributed by atoms with Crippen molar-refractivity contribution in [2.24, 2.45) is 0 Å². The number of aromatic nitrogens is 4. The number of halogens is 1. The van der Waals surface area contributed by atoms with E-state index in [0.717, 1.165) is 4.47 Å². The second kappa shape index (κ2) is 5.70. The minimum absolute atomic E-state index is 0.121. The predicted octanol–water partition coefficient (Wildman–Crippen LogP) is 0.473. The molecule has 0 bridgehead atoms. The fraction of sp³-hybridized carbons (Fsp3) is 0.364. The average molecular weight is 373 g/mol. The fourth-order valence-corrected chi connectivity index (χ4v) is 3.65. The van der Waals surface area contributed by atoms with Gasteiger partial charge in [-0.15, -0.1) is 0 Å². The lowest BCUT2D eigenvalue weighted by Crippen LogP contribution is -2.49. The van der Waals surface area contributed by atoms with E-state index in [1.807, 2.05) is 4.90 Å². The molecule has 0 amide bonds. The molecular formula is C11H13BrN6O2S. The first-order valence-corrected chi connectivity index (χ1v) is 8.53. The molecule has 112 valence electrons. The molecule has 1 aliphatic rings. The Balaban J connectivity index is 1.69. The van der Waals surface area contributed by atoms with E-state index in [2.05, 4.69) is 36.1 Å². The van der Waals surface area contributed by atoms with Crippen molar-refractivity contribution >= 4 is 31.9 Å². The van der Waals surface area contributed by atoms with Crippen LogP contribution in [-0.2, 0) is 10.0 Å². The van der Waals surface area contributed by atoms with Gasteiger partial charge in [0.1, 0.15) is 0 Å². The molecule has 0 unspecified atom stereocenters. The van der Waals surface area contributed by atoms with Gasteiger partial charge in [-0.2, -0.15) is 9.40 Å². The quantitative estimate of drug-likeness (QED) is 0.841. The van der Waals surface area contributed by atoms with Crippen LogP contribution in [0, 0.1) is 0 Å². The molecule has 0 aromatic carbocycles. The Kier molecular flexibility index (Phi) is 3.91. The number of hydrogen-bond donors (Lipinski definition) is 1. The highest BCUT2D eigenvalue weighted by molar-refractivity contribution is 9.10. The van der Waals surface area contributed by atoms with Gasteiger partial charge in [0.05, 0.1) is 10.7 Å². The molecule has 8 nitrogen and oxygen atoms in total. The Morgan fingerprint density at radius 3 is 2.38 bits per heavy atom. The first-order chi connectivity index (χ1) is 10.1. The van der Waals surface area contributed by atoms with E-state index in [-0.39, 0.29) is 5.03 Å². The van der Waals surface area contributed by atoms with Crippen LogP contribution in [0.5, 0.6) is 0 Å². The summed E-state index contributed by atoms with van der Waals surface area (Å²) in [6.07, 6.45) is 4.78. The summed E-state index contributed by atoms with van der Waals surface area (Å²) in [5.41, 5.74) is 0. The molecule has 2 aromatic heterocycles. The second-order valence-electron chi connectivity index (χ2n) is 4.51. The van der Waals surface area contributed by atoms with Gasteiger partial charge in [0.2, 0.25) is 5.95 Å². The minimum Gasteiger partial charge on any atom is -0.338 e. The number of H-pyrrole nitrogens is 1. The average Bonchev–Trinajstić information content (AvgIpc) is 3.03. The second-order valence-corrected chi connectivity index (χ2v) is 7.34. The molecule has 0 saturated carbocycles. The topological polar surface area (TPSA) is 95.1 Å². The molecule has 0 spiro atoms. The Hall–Kier alpha value is -1.52. The summed E-state index contributed by atoms with van der Waals surface area (Å²) in [5.74, 6) is 0.608. The van der Waals surface area contributed by atoms with Crippen LogP contribution in [0.15, 0.2) is 34.2 Å². The zero-order valence-corrected chi connectivity index (χ0v) is 13.4. The smallest absolute Gasteiger partial charge is 0.260 e. The number of aromatic amines is 1. The molecule has 21 heavy (non-hydrogen) atoms. The van der Waals surface area contributed by atoms with E-state index < -0.39 is 10.0 Å². The molecule has 3 rings (SSSR count). The van der Waals surface area contributed by atoms with Crippen molar-refractivity contribution in [2.45, 2.75) is 5.03 Å². The highest BCUT2D eigenvalue weighted by Crippen LogP contribution is 2.18. The predicted molar refractivity (Wildman–Crippen MR) is 79.3 cm³/mol. The Morgan fingerprint density at radius 1 is 1.14 bits per heavy atom. The molecule has 1 saturated heterocycles. The van der Waals surface area contributed by atoms with E-state index in [1.165, 1.54) is 16.6 Å². The van der Waals surface area contributed by atoms with Crippen LogP contribution in [-0.4, -0.2) is 59.1 Å². The number of hydrogen-bond acceptors (Lipinski definition) is 6. The number of sulfonamides is 1. The molecule has 0 aliphatic carbocycles. The normalized spacial score (nSPS) is 17.1. The first kappa shape index (κ1) is 14.4. The van der Waals surface area contributed by atoms with Crippen molar-refractivity contribution in [3.63, 3.8) is 0 Å². The van der Waals surface area contributed by atoms with E-state index in [0.29, 0.717) is 32.1 Å². The van der Waals surface area contributed by atoms with Crippen molar-refractivity contribution in [1.29, 1.82) is 0 Å². The Morgan fingerprint density at radius 2 is 1.81 bits per heavy atom. The highest BCUT2D eigenvalue weighted by Gasteiger charge is 2.30. The number of nitrogens with one attached hydrogen (secondary N) is 1. The maximum Gasteiger partial charge on any atom is 0.260 e. The Labute approximate surface area is 130 Å². The van der Waals surface area contributed by atoms with E-state index in [1.54, 1.807) is 12.4 Å². The van der Waals surface area contributed by atoms with E-state index >= 15 is 0 Å². The van der Waals surface area contributed by atoms with Gasteiger partial charge in [-0.3, -0.25) is 5.10 Å². The zero-order valence-electron chi connectivity index (χ0n) is 11.0. The van der Waals surface area contributed by atoms with E-state index in [4.69, 9.17) is 0 Å². The molecule has 1 fully saturated rings. The van der Waals surface area contributed by atoms with Crippen LogP contribution in [0.25, 0.3) is 0 Å². The van der Waals surface area contributed by atoms with Gasteiger partial charge >= 0.3 is 0 Å². The van der Waals surface area contributed by atoms with Crippen LogP contribution in [0.3, 0.4) is 0 Å². The zero-order chi connectivity index (χ0) is 14.9. The summed E-state index contributed by atoms with van der Waals surface area (Å²) >= 11 is 3.29. The maximum absolute atomic E-state index is 12.3. The molecule has 10 heteroatoms. The van der Waals surface area contributed by atoms with Crippen molar-refractivity contribution in [3.05, 3.63) is 29.1 Å². The van der Waals surface area contributed by atoms with Crippen LogP contribution >= 0.6 is 15.9 Å². The van der Waals surface area contributed by atoms with Crippen molar-refractivity contribution in [3.8, 4) is 0 Å². The van der Waals surface area contributed by atoms with E-state index in [9.17, 15) is 8.42 Å². The summed E-state index contributed by atoms with van der Waals surface area (Å²) in [4.78, 5) is 10.4. The monoisotopic (exact) mass is 372 g/mol. The molecule has 3 heterocycles. The molecule has 0 atom stereocenters. The number of rotatable bonds is 3. The lowest BCUT2D eigenvalue weighted by atomic mass is 10.4. The minimum atomic E-state index is -3.49. The summed E-state index contributed by atoms with van der Waals surface area (Å²) in [6, 6.07) is 1.46. The van der Waals surface area contributed by atoms with Crippen LogP contribution in [0.1, 0.15) is 0 Å². The number of piperazine rings is 1. The summed E-state index contributed by atoms with van der Waals surface area (Å²) < 4.78 is 26.9. The number of anilines is 1. The summed E-state index contributed by atoms with van der Waals surface area (Å²) in [5, 5.41) is 6.31. The lowest BCUT2D eigenvalue weighted by Gasteiger charge is -2.33. The lowest BCUT2D eigenvalue weighted by molar-refractivity contribution is 0.381. The third kappa shape index (κ3) is 2.92. The third-order valence-electron chi connectivity index (χ3n) is 3.22. The van der Waals surface area contributed by atoms with Crippen LogP contribution in [0.4, 0.5) is 5.95 Å². The van der Waals surface area contributed by atoms with Crippen LogP contribution in [0.2, 0.25) is 0 Å². The fourth-order valence-electron chi connectivity index (χ4n) is 2.12. The molecule has 1 aliphatic heterocycles. The summed E-state index contributed by atoms with van der Waals surface area (Å²) in [7, 11) is -3.49. The van der Waals surface area contributed by atoms with Crippen LogP contribution < -0.4 is 4.90 Å². The van der Waals surface area contributed by atoms with Gasteiger partial charge in [0.25, 0.3) is 10.0 Å². The van der Waals surface area contributed by atoms with Crippen molar-refractivity contribution in [1.82, 2.24) is 24.5 Å². The Bertz CT molecular complexity index is 695. The van der Waals surface area contributed by atoms with Gasteiger partial charge in [0, 0.05) is 38.6 Å². The molecule has 0 radical (unpaired) electrons. The molecule has 1 N–H and O–H groups in total. The van der Waals surface area contributed by atoms with Gasteiger partial charge in [-0.25, -0.2) is 18.4 Å².